The van der Waals surface area contributed by atoms with E-state index in [1.807, 2.05) is 37.4 Å². The highest BCUT2D eigenvalue weighted by atomic mass is 16.1. The lowest BCUT2D eigenvalue weighted by molar-refractivity contribution is -0.116. The molecule has 20 heavy (non-hydrogen) atoms. The van der Waals surface area contributed by atoms with E-state index in [0.717, 1.165) is 24.3 Å². The fraction of sp³-hybridized carbons (Fsp3) is 0.250. The summed E-state index contributed by atoms with van der Waals surface area (Å²) >= 11 is 0. The van der Waals surface area contributed by atoms with Crippen LogP contribution in [-0.2, 0) is 11.2 Å². The first-order chi connectivity index (χ1) is 9.78. The second-order valence-corrected chi connectivity index (χ2v) is 4.57. The summed E-state index contributed by atoms with van der Waals surface area (Å²) in [6.45, 7) is 0. The molecule has 1 aromatic heterocycles. The molecule has 0 aliphatic rings. The van der Waals surface area contributed by atoms with Crippen LogP contribution in [0.3, 0.4) is 0 Å². The molecular weight excluding hydrogens is 250 g/mol. The minimum Gasteiger partial charge on any atom is -0.373 e. The number of anilines is 2. The maximum absolute atomic E-state index is 11.8. The van der Waals surface area contributed by atoms with Crippen LogP contribution in [0.1, 0.15) is 18.4 Å². The monoisotopic (exact) mass is 269 g/mol. The molecule has 1 heterocycles. The van der Waals surface area contributed by atoms with Crippen LogP contribution in [0.2, 0.25) is 0 Å². The molecule has 0 saturated carbocycles. The predicted octanol–water partition coefficient (Wildman–Crippen LogP) is 3.08. The van der Waals surface area contributed by atoms with Gasteiger partial charge in [-0.25, -0.2) is 4.98 Å². The molecule has 2 rings (SSSR count). The molecule has 4 heteroatoms. The summed E-state index contributed by atoms with van der Waals surface area (Å²) in [7, 11) is 1.81. The van der Waals surface area contributed by atoms with Gasteiger partial charge in [0.2, 0.25) is 5.91 Å². The largest absolute Gasteiger partial charge is 0.373 e. The third kappa shape index (κ3) is 4.39. The number of aryl methyl sites for hydroxylation is 1. The molecule has 0 aliphatic heterocycles. The number of rotatable bonds is 6. The molecule has 0 atom stereocenters. The molecule has 1 amide bonds. The Bertz CT molecular complexity index is 537. The highest BCUT2D eigenvalue weighted by molar-refractivity contribution is 5.90. The Kier molecular flexibility index (Phi) is 5.12. The van der Waals surface area contributed by atoms with Crippen LogP contribution in [-0.4, -0.2) is 17.9 Å². The van der Waals surface area contributed by atoms with E-state index in [1.165, 1.54) is 5.56 Å². The lowest BCUT2D eigenvalue weighted by atomic mass is 10.1. The third-order valence-corrected chi connectivity index (χ3v) is 3.02. The van der Waals surface area contributed by atoms with Crippen LogP contribution in [0.4, 0.5) is 11.5 Å². The van der Waals surface area contributed by atoms with Crippen LogP contribution in [0, 0.1) is 0 Å². The van der Waals surface area contributed by atoms with Gasteiger partial charge in [-0.2, -0.15) is 0 Å². The fourth-order valence-electron chi connectivity index (χ4n) is 1.94. The zero-order valence-electron chi connectivity index (χ0n) is 11.6. The Balaban J connectivity index is 1.74. The lowest BCUT2D eigenvalue weighted by Crippen LogP contribution is -2.11. The van der Waals surface area contributed by atoms with Gasteiger partial charge in [0.1, 0.15) is 5.82 Å². The molecule has 2 N–H and O–H groups in total. The standard InChI is InChI=1S/C16H19N3O/c1-17-15-11-10-14(12-18-15)19-16(20)9-5-8-13-6-3-2-4-7-13/h2-4,6-7,10-12H,5,8-9H2,1H3,(H,17,18)(H,19,20). The van der Waals surface area contributed by atoms with Crippen molar-refractivity contribution in [1.82, 2.24) is 4.98 Å². The Labute approximate surface area is 119 Å². The maximum Gasteiger partial charge on any atom is 0.224 e. The Morgan fingerprint density at radius 2 is 1.95 bits per heavy atom. The number of nitrogens with one attached hydrogen (secondary N) is 2. The minimum atomic E-state index is 0.0277. The zero-order valence-corrected chi connectivity index (χ0v) is 11.6. The molecule has 0 spiro atoms. The average Bonchev–Trinajstić information content (AvgIpc) is 2.49. The van der Waals surface area contributed by atoms with Crippen molar-refractivity contribution in [3.63, 3.8) is 0 Å². The third-order valence-electron chi connectivity index (χ3n) is 3.02. The molecular formula is C16H19N3O. The molecule has 4 nitrogen and oxygen atoms in total. The number of pyridine rings is 1. The van der Waals surface area contributed by atoms with E-state index in [2.05, 4.69) is 27.8 Å². The van der Waals surface area contributed by atoms with E-state index in [9.17, 15) is 4.79 Å². The van der Waals surface area contributed by atoms with Gasteiger partial charge in [-0.1, -0.05) is 30.3 Å². The Hall–Kier alpha value is -2.36. The van der Waals surface area contributed by atoms with Crippen molar-refractivity contribution in [2.45, 2.75) is 19.3 Å². The molecule has 0 radical (unpaired) electrons. The van der Waals surface area contributed by atoms with Crippen LogP contribution in [0.5, 0.6) is 0 Å². The number of hydrogen-bond donors (Lipinski definition) is 2. The van der Waals surface area contributed by atoms with Crippen LogP contribution < -0.4 is 10.6 Å². The summed E-state index contributed by atoms with van der Waals surface area (Å²) < 4.78 is 0. The first-order valence-corrected chi connectivity index (χ1v) is 6.75. The number of carbonyl (C=O) groups is 1. The van der Waals surface area contributed by atoms with Gasteiger partial charge in [0.15, 0.2) is 0 Å². The summed E-state index contributed by atoms with van der Waals surface area (Å²) in [6, 6.07) is 13.9. The second kappa shape index (κ2) is 7.28. The van der Waals surface area contributed by atoms with Gasteiger partial charge in [-0.05, 0) is 30.5 Å². The minimum absolute atomic E-state index is 0.0277. The molecule has 0 aliphatic carbocycles. The molecule has 0 saturated heterocycles. The van der Waals surface area contributed by atoms with Gasteiger partial charge in [-0.15, -0.1) is 0 Å². The number of nitrogens with zero attached hydrogens (tertiary/aromatic N) is 1. The lowest BCUT2D eigenvalue weighted by Gasteiger charge is -2.06. The van der Waals surface area contributed by atoms with Crippen molar-refractivity contribution in [3.05, 3.63) is 54.2 Å². The van der Waals surface area contributed by atoms with Gasteiger partial charge in [0, 0.05) is 13.5 Å². The molecule has 104 valence electrons. The first kappa shape index (κ1) is 14.1. The van der Waals surface area contributed by atoms with Crippen molar-refractivity contribution in [2.75, 3.05) is 17.7 Å². The second-order valence-electron chi connectivity index (χ2n) is 4.57. The smallest absolute Gasteiger partial charge is 0.224 e. The van der Waals surface area contributed by atoms with Gasteiger partial charge < -0.3 is 10.6 Å². The first-order valence-electron chi connectivity index (χ1n) is 6.75. The summed E-state index contributed by atoms with van der Waals surface area (Å²) in [6.07, 6.45) is 3.94. The normalized spacial score (nSPS) is 10.1. The van der Waals surface area contributed by atoms with Crippen molar-refractivity contribution < 1.29 is 4.79 Å². The summed E-state index contributed by atoms with van der Waals surface area (Å²) in [4.78, 5) is 16.0. The highest BCUT2D eigenvalue weighted by Crippen LogP contribution is 2.10. The number of aromatic nitrogens is 1. The molecule has 0 unspecified atom stereocenters. The number of carbonyl (C=O) groups excluding carboxylic acids is 1. The topological polar surface area (TPSA) is 54.0 Å². The average molecular weight is 269 g/mol. The van der Waals surface area contributed by atoms with E-state index in [4.69, 9.17) is 0 Å². The summed E-state index contributed by atoms with van der Waals surface area (Å²) in [5.41, 5.74) is 1.99. The summed E-state index contributed by atoms with van der Waals surface area (Å²) in [5.74, 6) is 0.812. The fourth-order valence-corrected chi connectivity index (χ4v) is 1.94. The molecule has 1 aromatic carbocycles. The Morgan fingerprint density at radius 1 is 1.15 bits per heavy atom. The molecule has 0 bridgehead atoms. The SMILES string of the molecule is CNc1ccc(NC(=O)CCCc2ccccc2)cn1. The maximum atomic E-state index is 11.8. The van der Waals surface area contributed by atoms with E-state index in [0.29, 0.717) is 6.42 Å². The van der Waals surface area contributed by atoms with Gasteiger partial charge >= 0.3 is 0 Å². The molecule has 0 fully saturated rings. The summed E-state index contributed by atoms with van der Waals surface area (Å²) in [5, 5.41) is 5.79. The van der Waals surface area contributed by atoms with Crippen LogP contribution >= 0.6 is 0 Å². The van der Waals surface area contributed by atoms with E-state index >= 15 is 0 Å². The van der Waals surface area contributed by atoms with E-state index < -0.39 is 0 Å². The van der Waals surface area contributed by atoms with Crippen molar-refractivity contribution >= 4 is 17.4 Å². The van der Waals surface area contributed by atoms with Gasteiger partial charge in [0.05, 0.1) is 11.9 Å². The molecule has 2 aromatic rings. The number of hydrogen-bond acceptors (Lipinski definition) is 3. The number of amides is 1. The number of benzene rings is 1. The predicted molar refractivity (Wildman–Crippen MR) is 81.8 cm³/mol. The Morgan fingerprint density at radius 3 is 2.60 bits per heavy atom. The van der Waals surface area contributed by atoms with Crippen molar-refractivity contribution in [1.29, 1.82) is 0 Å². The zero-order chi connectivity index (χ0) is 14.2. The van der Waals surface area contributed by atoms with Crippen LogP contribution in [0.25, 0.3) is 0 Å². The van der Waals surface area contributed by atoms with E-state index in [1.54, 1.807) is 6.20 Å². The van der Waals surface area contributed by atoms with Crippen molar-refractivity contribution in [2.24, 2.45) is 0 Å². The van der Waals surface area contributed by atoms with Gasteiger partial charge in [-0.3, -0.25) is 4.79 Å². The van der Waals surface area contributed by atoms with Crippen molar-refractivity contribution in [3.8, 4) is 0 Å². The van der Waals surface area contributed by atoms with E-state index in [-0.39, 0.29) is 5.91 Å². The van der Waals surface area contributed by atoms with Gasteiger partial charge in [0.25, 0.3) is 0 Å². The quantitative estimate of drug-likeness (QED) is 0.847. The van der Waals surface area contributed by atoms with Crippen LogP contribution in [0.15, 0.2) is 48.7 Å². The highest BCUT2D eigenvalue weighted by Gasteiger charge is 2.03.